The highest BCUT2D eigenvalue weighted by atomic mass is 16.5. The van der Waals surface area contributed by atoms with Gasteiger partial charge in [-0.1, -0.05) is 42.8 Å². The summed E-state index contributed by atoms with van der Waals surface area (Å²) in [7, 11) is 0. The van der Waals surface area contributed by atoms with Gasteiger partial charge in [-0.25, -0.2) is 4.99 Å². The Morgan fingerprint density at radius 2 is 1.76 bits per heavy atom. The number of aliphatic hydroxyl groups is 1. The molecule has 3 aliphatic carbocycles. The molecule has 0 aromatic rings. The highest BCUT2D eigenvalue weighted by molar-refractivity contribution is 5.95. The largest absolute Gasteiger partial charge is 0.470 e. The Morgan fingerprint density at radius 1 is 1.02 bits per heavy atom. The summed E-state index contributed by atoms with van der Waals surface area (Å²) in [5.74, 6) is 1.63. The molecule has 228 valence electrons. The van der Waals surface area contributed by atoms with E-state index in [4.69, 9.17) is 25.1 Å². The van der Waals surface area contributed by atoms with Crippen molar-refractivity contribution in [1.29, 1.82) is 0 Å². The highest BCUT2D eigenvalue weighted by Crippen LogP contribution is 2.47. The Balaban J connectivity index is 1.48. The molecular formula is C32H51N5O4. The van der Waals surface area contributed by atoms with Gasteiger partial charge in [0.2, 0.25) is 0 Å². The fourth-order valence-electron chi connectivity index (χ4n) is 8.05. The number of likely N-dealkylation sites (tertiary alicyclic amines) is 1. The number of hydrogen-bond acceptors (Lipinski definition) is 6. The molecule has 1 amide bonds. The molecule has 1 N–H and O–H groups in total. The first-order chi connectivity index (χ1) is 20.1. The predicted molar refractivity (Wildman–Crippen MR) is 160 cm³/mol. The first-order valence-electron chi connectivity index (χ1n) is 16.6. The van der Waals surface area contributed by atoms with Crippen molar-refractivity contribution in [3.05, 3.63) is 21.6 Å². The number of piperidine rings is 1. The third-order valence-electron chi connectivity index (χ3n) is 10.3. The minimum Gasteiger partial charge on any atom is -0.470 e. The Labute approximate surface area is 245 Å². The van der Waals surface area contributed by atoms with Crippen molar-refractivity contribution in [3.63, 3.8) is 0 Å². The lowest BCUT2D eigenvalue weighted by molar-refractivity contribution is -0.141. The first kappa shape index (κ1) is 30.4. The van der Waals surface area contributed by atoms with Crippen LogP contribution in [0.5, 0.6) is 0 Å². The monoisotopic (exact) mass is 569 g/mol. The molecule has 0 radical (unpaired) electrons. The maximum atomic E-state index is 14.8. The molecule has 0 unspecified atom stereocenters. The average Bonchev–Trinajstić information content (AvgIpc) is 3.41. The number of aliphatic hydroxyl groups excluding tert-OH is 1. The van der Waals surface area contributed by atoms with Crippen LogP contribution in [0.1, 0.15) is 116 Å². The van der Waals surface area contributed by atoms with E-state index in [9.17, 15) is 4.79 Å². The molecule has 0 bridgehead atoms. The number of amides is 1. The maximum Gasteiger partial charge on any atom is 0.254 e. The van der Waals surface area contributed by atoms with Crippen LogP contribution in [0.15, 0.2) is 21.3 Å². The molecule has 5 aliphatic rings. The Kier molecular flexibility index (Phi) is 11.0. The standard InChI is InChI=1S/C32H51N5O4/c33-36-34-23-26-12-5-6-13-28(26)29-32(22-24-10-3-1-4-11-24,31(39)37-18-7-2-8-19-37)35-30(41-29)25-14-16-27(17-15-25)40-21-9-20-38/h24-25,27,29,38H,1-23H2/t25?,27?,29-,32-/m0/s1. The summed E-state index contributed by atoms with van der Waals surface area (Å²) in [5.41, 5.74) is 10.6. The number of nitrogens with zero attached hydrogens (tertiary/aromatic N) is 5. The van der Waals surface area contributed by atoms with Crippen molar-refractivity contribution in [2.24, 2.45) is 21.9 Å². The second kappa shape index (κ2) is 14.9. The summed E-state index contributed by atoms with van der Waals surface area (Å²) in [6, 6.07) is 0. The van der Waals surface area contributed by atoms with Gasteiger partial charge < -0.3 is 19.5 Å². The van der Waals surface area contributed by atoms with Gasteiger partial charge >= 0.3 is 0 Å². The Hall–Kier alpha value is -2.09. The molecule has 1 saturated heterocycles. The summed E-state index contributed by atoms with van der Waals surface area (Å²) in [6.45, 7) is 2.73. The minimum absolute atomic E-state index is 0.160. The second-order valence-corrected chi connectivity index (χ2v) is 13.1. The number of carbonyl (C=O) groups excluding carboxylic acids is 1. The predicted octanol–water partition coefficient (Wildman–Crippen LogP) is 6.64. The zero-order valence-corrected chi connectivity index (χ0v) is 25.0. The van der Waals surface area contributed by atoms with Gasteiger partial charge in [0.25, 0.3) is 5.91 Å². The van der Waals surface area contributed by atoms with E-state index in [0.29, 0.717) is 25.5 Å². The van der Waals surface area contributed by atoms with Gasteiger partial charge in [-0.3, -0.25) is 4.79 Å². The van der Waals surface area contributed by atoms with Crippen LogP contribution >= 0.6 is 0 Å². The molecule has 2 heterocycles. The second-order valence-electron chi connectivity index (χ2n) is 13.1. The molecule has 9 heteroatoms. The van der Waals surface area contributed by atoms with Crippen molar-refractivity contribution < 1.29 is 19.4 Å². The maximum absolute atomic E-state index is 14.8. The van der Waals surface area contributed by atoms with Crippen molar-refractivity contribution in [2.75, 3.05) is 32.8 Å². The number of ether oxygens (including phenoxy) is 2. The van der Waals surface area contributed by atoms with Crippen LogP contribution in [0, 0.1) is 11.8 Å². The fourth-order valence-corrected chi connectivity index (χ4v) is 8.05. The number of azide groups is 1. The molecule has 0 aromatic heterocycles. The fraction of sp³-hybridized carbons (Fsp3) is 0.875. The SMILES string of the molecule is [N-]=[N+]=NCC1=C([C@@H]2OC(C3CCC(OCCCO)CC3)=N[C@]2(CC2CCCCC2)C(=O)N2CCCCC2)CCCC1. The molecule has 2 saturated carbocycles. The van der Waals surface area contributed by atoms with Crippen molar-refractivity contribution >= 4 is 11.8 Å². The third-order valence-corrected chi connectivity index (χ3v) is 10.3. The van der Waals surface area contributed by atoms with Crippen LogP contribution in [-0.4, -0.2) is 72.4 Å². The Bertz CT molecular complexity index is 988. The van der Waals surface area contributed by atoms with Gasteiger partial charge in [0.1, 0.15) is 0 Å². The van der Waals surface area contributed by atoms with E-state index in [2.05, 4.69) is 14.9 Å². The lowest BCUT2D eigenvalue weighted by atomic mass is 9.72. The Morgan fingerprint density at radius 3 is 2.49 bits per heavy atom. The molecule has 0 aromatic carbocycles. The molecule has 9 nitrogen and oxygen atoms in total. The number of hydrogen-bond donors (Lipinski definition) is 1. The van der Waals surface area contributed by atoms with Crippen LogP contribution in [0.3, 0.4) is 0 Å². The summed E-state index contributed by atoms with van der Waals surface area (Å²) < 4.78 is 13.0. The van der Waals surface area contributed by atoms with Crippen LogP contribution in [0.2, 0.25) is 0 Å². The van der Waals surface area contributed by atoms with Crippen LogP contribution in [0.25, 0.3) is 10.4 Å². The summed E-state index contributed by atoms with van der Waals surface area (Å²) in [6.07, 6.45) is 18.3. The van der Waals surface area contributed by atoms with Gasteiger partial charge in [-0.2, -0.15) is 0 Å². The highest BCUT2D eigenvalue weighted by Gasteiger charge is 2.57. The molecule has 2 atom stereocenters. The lowest BCUT2D eigenvalue weighted by Gasteiger charge is -2.41. The number of carbonyl (C=O) groups is 1. The van der Waals surface area contributed by atoms with Crippen LogP contribution in [-0.2, 0) is 14.3 Å². The van der Waals surface area contributed by atoms with Crippen molar-refractivity contribution in [1.82, 2.24) is 4.90 Å². The quantitative estimate of drug-likeness (QED) is 0.0985. The van der Waals surface area contributed by atoms with Crippen molar-refractivity contribution in [2.45, 2.75) is 133 Å². The smallest absolute Gasteiger partial charge is 0.254 e. The van der Waals surface area contributed by atoms with E-state index in [0.717, 1.165) is 108 Å². The topological polar surface area (TPSA) is 120 Å². The van der Waals surface area contributed by atoms with E-state index >= 15 is 0 Å². The summed E-state index contributed by atoms with van der Waals surface area (Å²) >= 11 is 0. The molecule has 41 heavy (non-hydrogen) atoms. The minimum atomic E-state index is -0.919. The zero-order valence-electron chi connectivity index (χ0n) is 25.0. The van der Waals surface area contributed by atoms with Gasteiger partial charge in [-0.15, -0.1) is 0 Å². The lowest BCUT2D eigenvalue weighted by Crippen LogP contribution is -2.56. The zero-order chi connectivity index (χ0) is 28.5. The van der Waals surface area contributed by atoms with Gasteiger partial charge in [0, 0.05) is 43.7 Å². The van der Waals surface area contributed by atoms with E-state index < -0.39 is 11.6 Å². The van der Waals surface area contributed by atoms with Gasteiger partial charge in [0.05, 0.1) is 6.10 Å². The summed E-state index contributed by atoms with van der Waals surface area (Å²) in [4.78, 5) is 25.4. The van der Waals surface area contributed by atoms with E-state index in [-0.39, 0.29) is 24.5 Å². The molecule has 5 rings (SSSR count). The number of rotatable bonds is 11. The van der Waals surface area contributed by atoms with Gasteiger partial charge in [-0.05, 0) is 100 Å². The van der Waals surface area contributed by atoms with E-state index in [1.807, 2.05) is 0 Å². The van der Waals surface area contributed by atoms with Crippen molar-refractivity contribution in [3.8, 4) is 0 Å². The molecular weight excluding hydrogens is 518 g/mol. The number of aliphatic imine (C=N–C) groups is 1. The molecule has 0 spiro atoms. The third kappa shape index (κ3) is 7.29. The van der Waals surface area contributed by atoms with Crippen LogP contribution in [0.4, 0.5) is 0 Å². The van der Waals surface area contributed by atoms with Crippen LogP contribution < -0.4 is 0 Å². The normalized spacial score (nSPS) is 31.4. The molecule has 2 aliphatic heterocycles. The molecule has 3 fully saturated rings. The van der Waals surface area contributed by atoms with E-state index in [1.54, 1.807) is 0 Å². The average molecular weight is 570 g/mol. The van der Waals surface area contributed by atoms with E-state index in [1.165, 1.54) is 31.3 Å². The summed E-state index contributed by atoms with van der Waals surface area (Å²) in [5, 5.41) is 13.1. The van der Waals surface area contributed by atoms with Gasteiger partial charge in [0.15, 0.2) is 17.5 Å². The first-order valence-corrected chi connectivity index (χ1v) is 16.6.